The van der Waals surface area contributed by atoms with Crippen LogP contribution >= 0.6 is 0 Å². The molecule has 1 aromatic carbocycles. The van der Waals surface area contributed by atoms with Gasteiger partial charge in [0.05, 0.1) is 19.1 Å². The molecule has 1 aliphatic rings. The lowest BCUT2D eigenvalue weighted by Crippen LogP contribution is -2.33. The highest BCUT2D eigenvalue weighted by atomic mass is 19.1. The van der Waals surface area contributed by atoms with Gasteiger partial charge in [0.25, 0.3) is 0 Å². The summed E-state index contributed by atoms with van der Waals surface area (Å²) in [6.07, 6.45) is 2.37. The molecule has 0 atom stereocenters. The summed E-state index contributed by atoms with van der Waals surface area (Å²) in [6, 6.07) is 3.74. The van der Waals surface area contributed by atoms with Crippen LogP contribution in [0, 0.1) is 5.82 Å². The van der Waals surface area contributed by atoms with E-state index in [1.165, 1.54) is 12.1 Å². The number of amides is 1. The van der Waals surface area contributed by atoms with Crippen molar-refractivity contribution in [1.82, 2.24) is 5.32 Å². The minimum absolute atomic E-state index is 0.218. The van der Waals surface area contributed by atoms with Crippen molar-refractivity contribution in [2.24, 2.45) is 0 Å². The highest BCUT2D eigenvalue weighted by Crippen LogP contribution is 2.19. The van der Waals surface area contributed by atoms with Crippen LogP contribution in [0.2, 0.25) is 0 Å². The SMILES string of the molecule is O=C(CCOC1CCNCC1)Nc1ccc(O)c(F)c1. The van der Waals surface area contributed by atoms with E-state index in [2.05, 4.69) is 10.6 Å². The first-order valence-corrected chi connectivity index (χ1v) is 6.76. The van der Waals surface area contributed by atoms with Crippen LogP contribution in [0.25, 0.3) is 0 Å². The number of halogens is 1. The zero-order valence-electron chi connectivity index (χ0n) is 11.2. The van der Waals surface area contributed by atoms with Crippen molar-refractivity contribution in [2.45, 2.75) is 25.4 Å². The molecule has 0 saturated carbocycles. The molecule has 0 aliphatic carbocycles. The van der Waals surface area contributed by atoms with Gasteiger partial charge in [-0.3, -0.25) is 4.79 Å². The lowest BCUT2D eigenvalue weighted by atomic mass is 10.1. The standard InChI is InChI=1S/C14H19FN2O3/c15-12-9-10(1-2-13(12)18)17-14(19)5-8-20-11-3-6-16-7-4-11/h1-2,9,11,16,18H,3-8H2,(H,17,19). The number of rotatable bonds is 5. The van der Waals surface area contributed by atoms with E-state index in [0.29, 0.717) is 12.3 Å². The summed E-state index contributed by atoms with van der Waals surface area (Å²) in [5.74, 6) is -1.42. The molecule has 20 heavy (non-hydrogen) atoms. The molecule has 0 radical (unpaired) electrons. The van der Waals surface area contributed by atoms with E-state index in [1.54, 1.807) is 0 Å². The molecule has 1 saturated heterocycles. The second kappa shape index (κ2) is 7.21. The Morgan fingerprint density at radius 2 is 2.20 bits per heavy atom. The Labute approximate surface area is 117 Å². The lowest BCUT2D eigenvalue weighted by molar-refractivity contribution is -0.117. The third kappa shape index (κ3) is 4.47. The Hall–Kier alpha value is -1.66. The predicted octanol–water partition coefficient (Wildman–Crippen LogP) is 1.63. The summed E-state index contributed by atoms with van der Waals surface area (Å²) in [7, 11) is 0. The van der Waals surface area contributed by atoms with Gasteiger partial charge in [-0.15, -0.1) is 0 Å². The molecule has 1 aliphatic heterocycles. The number of piperidine rings is 1. The monoisotopic (exact) mass is 282 g/mol. The fourth-order valence-electron chi connectivity index (χ4n) is 2.09. The van der Waals surface area contributed by atoms with Crippen molar-refractivity contribution in [1.29, 1.82) is 0 Å². The van der Waals surface area contributed by atoms with Crippen LogP contribution in [-0.4, -0.2) is 36.8 Å². The Kier molecular flexibility index (Phi) is 5.31. The second-order valence-electron chi connectivity index (χ2n) is 4.78. The molecule has 1 fully saturated rings. The van der Waals surface area contributed by atoms with Crippen LogP contribution < -0.4 is 10.6 Å². The Bertz CT molecular complexity index is 462. The van der Waals surface area contributed by atoms with Gasteiger partial charge in [-0.25, -0.2) is 4.39 Å². The Balaban J connectivity index is 1.70. The predicted molar refractivity (Wildman–Crippen MR) is 73.2 cm³/mol. The van der Waals surface area contributed by atoms with E-state index >= 15 is 0 Å². The molecule has 5 nitrogen and oxygen atoms in total. The first-order chi connectivity index (χ1) is 9.65. The largest absolute Gasteiger partial charge is 0.505 e. The van der Waals surface area contributed by atoms with Gasteiger partial charge < -0.3 is 20.5 Å². The van der Waals surface area contributed by atoms with Gasteiger partial charge in [-0.1, -0.05) is 0 Å². The van der Waals surface area contributed by atoms with Crippen LogP contribution in [0.4, 0.5) is 10.1 Å². The summed E-state index contributed by atoms with van der Waals surface area (Å²) in [5, 5.41) is 14.9. The molecule has 3 N–H and O–H groups in total. The molecule has 110 valence electrons. The first kappa shape index (κ1) is 14.7. The fourth-order valence-corrected chi connectivity index (χ4v) is 2.09. The van der Waals surface area contributed by atoms with Crippen molar-refractivity contribution < 1.29 is 19.0 Å². The topological polar surface area (TPSA) is 70.6 Å². The molecule has 1 amide bonds. The van der Waals surface area contributed by atoms with Crippen molar-refractivity contribution in [3.05, 3.63) is 24.0 Å². The average molecular weight is 282 g/mol. The minimum Gasteiger partial charge on any atom is -0.505 e. The summed E-state index contributed by atoms with van der Waals surface area (Å²) in [6.45, 7) is 2.25. The minimum atomic E-state index is -0.756. The number of phenolic OH excluding ortho intramolecular Hbond substituents is 1. The van der Waals surface area contributed by atoms with Crippen LogP contribution in [0.5, 0.6) is 5.75 Å². The summed E-state index contributed by atoms with van der Waals surface area (Å²) in [4.78, 5) is 11.7. The van der Waals surface area contributed by atoms with Crippen LogP contribution in [-0.2, 0) is 9.53 Å². The molecule has 1 aromatic rings. The third-order valence-corrected chi connectivity index (χ3v) is 3.20. The van der Waals surface area contributed by atoms with Crippen LogP contribution in [0.15, 0.2) is 18.2 Å². The van der Waals surface area contributed by atoms with Gasteiger partial charge in [0.1, 0.15) is 0 Å². The molecular weight excluding hydrogens is 263 g/mol. The van der Waals surface area contributed by atoms with Gasteiger partial charge >= 0.3 is 0 Å². The van der Waals surface area contributed by atoms with Crippen molar-refractivity contribution in [3.63, 3.8) is 0 Å². The van der Waals surface area contributed by atoms with E-state index in [-0.39, 0.29) is 18.4 Å². The smallest absolute Gasteiger partial charge is 0.226 e. The van der Waals surface area contributed by atoms with Crippen LogP contribution in [0.1, 0.15) is 19.3 Å². The maximum Gasteiger partial charge on any atom is 0.226 e. The van der Waals surface area contributed by atoms with Gasteiger partial charge in [-0.05, 0) is 38.1 Å². The van der Waals surface area contributed by atoms with Crippen molar-refractivity contribution in [3.8, 4) is 5.75 Å². The summed E-state index contributed by atoms with van der Waals surface area (Å²) < 4.78 is 18.7. The quantitative estimate of drug-likeness (QED) is 0.718. The van der Waals surface area contributed by atoms with E-state index < -0.39 is 11.6 Å². The number of ether oxygens (including phenoxy) is 1. The summed E-state index contributed by atoms with van der Waals surface area (Å²) in [5.41, 5.74) is 0.326. The molecule has 0 spiro atoms. The average Bonchev–Trinajstić information content (AvgIpc) is 2.44. The molecule has 6 heteroatoms. The number of carbonyl (C=O) groups excluding carboxylic acids is 1. The highest BCUT2D eigenvalue weighted by Gasteiger charge is 2.13. The molecule has 0 unspecified atom stereocenters. The number of hydrogen-bond acceptors (Lipinski definition) is 4. The van der Waals surface area contributed by atoms with E-state index in [9.17, 15) is 9.18 Å². The van der Waals surface area contributed by atoms with Gasteiger partial charge in [0, 0.05) is 11.8 Å². The van der Waals surface area contributed by atoms with E-state index in [1.807, 2.05) is 0 Å². The van der Waals surface area contributed by atoms with Crippen molar-refractivity contribution >= 4 is 11.6 Å². The number of nitrogens with one attached hydrogen (secondary N) is 2. The summed E-state index contributed by atoms with van der Waals surface area (Å²) >= 11 is 0. The molecule has 0 aromatic heterocycles. The number of anilines is 1. The maximum absolute atomic E-state index is 13.1. The first-order valence-electron chi connectivity index (χ1n) is 6.76. The zero-order chi connectivity index (χ0) is 14.4. The van der Waals surface area contributed by atoms with E-state index in [4.69, 9.17) is 9.84 Å². The molecular formula is C14H19FN2O3. The van der Waals surface area contributed by atoms with Crippen LogP contribution in [0.3, 0.4) is 0 Å². The number of hydrogen-bond donors (Lipinski definition) is 3. The highest BCUT2D eigenvalue weighted by molar-refractivity contribution is 5.90. The van der Waals surface area contributed by atoms with Gasteiger partial charge in [0.15, 0.2) is 11.6 Å². The second-order valence-corrected chi connectivity index (χ2v) is 4.78. The number of carbonyl (C=O) groups is 1. The number of benzene rings is 1. The lowest BCUT2D eigenvalue weighted by Gasteiger charge is -2.22. The van der Waals surface area contributed by atoms with E-state index in [0.717, 1.165) is 32.0 Å². The van der Waals surface area contributed by atoms with Crippen molar-refractivity contribution in [2.75, 3.05) is 25.0 Å². The zero-order valence-corrected chi connectivity index (χ0v) is 11.2. The molecule has 0 bridgehead atoms. The van der Waals surface area contributed by atoms with Gasteiger partial charge in [0.2, 0.25) is 5.91 Å². The van der Waals surface area contributed by atoms with Gasteiger partial charge in [-0.2, -0.15) is 0 Å². The fraction of sp³-hybridized carbons (Fsp3) is 0.500. The third-order valence-electron chi connectivity index (χ3n) is 3.20. The normalized spacial score (nSPS) is 16.1. The molecule has 2 rings (SSSR count). The number of aromatic hydroxyl groups is 1. The number of phenols is 1. The Morgan fingerprint density at radius 1 is 1.45 bits per heavy atom. The molecule has 1 heterocycles. The Morgan fingerprint density at radius 3 is 2.90 bits per heavy atom. The maximum atomic E-state index is 13.1.